The summed E-state index contributed by atoms with van der Waals surface area (Å²) in [4.78, 5) is 12.1. The van der Waals surface area contributed by atoms with Crippen LogP contribution in [0.15, 0.2) is 48.5 Å². The molecule has 0 aliphatic rings. The fourth-order valence-corrected chi connectivity index (χ4v) is 2.54. The van der Waals surface area contributed by atoms with E-state index in [4.69, 9.17) is 12.2 Å². The van der Waals surface area contributed by atoms with Crippen LogP contribution in [-0.4, -0.2) is 17.3 Å². The van der Waals surface area contributed by atoms with Crippen LogP contribution in [0.4, 0.5) is 10.1 Å². The SMILES string of the molecule is CSCc1cccc(C(=O)NNC(=S)Nc2ccccc2F)c1. The normalized spacial score (nSPS) is 10.0. The molecule has 4 nitrogen and oxygen atoms in total. The van der Waals surface area contributed by atoms with Crippen LogP contribution in [0.25, 0.3) is 0 Å². The molecular weight excluding hydrogens is 333 g/mol. The highest BCUT2D eigenvalue weighted by molar-refractivity contribution is 7.97. The molecule has 0 saturated carbocycles. The summed E-state index contributed by atoms with van der Waals surface area (Å²) in [5.41, 5.74) is 6.87. The van der Waals surface area contributed by atoms with Crippen LogP contribution >= 0.6 is 24.0 Å². The van der Waals surface area contributed by atoms with E-state index in [1.807, 2.05) is 24.5 Å². The Labute approximate surface area is 143 Å². The number of carbonyl (C=O) groups excluding carboxylic acids is 1. The lowest BCUT2D eigenvalue weighted by molar-refractivity contribution is 0.0944. The van der Waals surface area contributed by atoms with E-state index in [9.17, 15) is 9.18 Å². The van der Waals surface area contributed by atoms with E-state index in [1.54, 1.807) is 36.0 Å². The number of hydrazine groups is 1. The van der Waals surface area contributed by atoms with Crippen molar-refractivity contribution in [1.82, 2.24) is 10.9 Å². The van der Waals surface area contributed by atoms with E-state index >= 15 is 0 Å². The second-order valence-electron chi connectivity index (χ2n) is 4.65. The van der Waals surface area contributed by atoms with Gasteiger partial charge in [0.25, 0.3) is 5.91 Å². The van der Waals surface area contributed by atoms with Crippen LogP contribution in [0.5, 0.6) is 0 Å². The van der Waals surface area contributed by atoms with Crippen LogP contribution in [-0.2, 0) is 5.75 Å². The molecule has 1 amide bonds. The van der Waals surface area contributed by atoms with Gasteiger partial charge < -0.3 is 5.32 Å². The first-order chi connectivity index (χ1) is 11.1. The molecule has 0 saturated heterocycles. The van der Waals surface area contributed by atoms with Crippen LogP contribution in [0, 0.1) is 5.82 Å². The molecule has 0 heterocycles. The molecule has 120 valence electrons. The van der Waals surface area contributed by atoms with Gasteiger partial charge in [0.1, 0.15) is 5.82 Å². The molecule has 7 heteroatoms. The third-order valence-electron chi connectivity index (χ3n) is 2.91. The van der Waals surface area contributed by atoms with Crippen LogP contribution in [0.1, 0.15) is 15.9 Å². The number of carbonyl (C=O) groups is 1. The average molecular weight is 349 g/mol. The van der Waals surface area contributed by atoms with E-state index in [-0.39, 0.29) is 16.7 Å². The summed E-state index contributed by atoms with van der Waals surface area (Å²) in [5.74, 6) is 0.0975. The van der Waals surface area contributed by atoms with Gasteiger partial charge in [-0.15, -0.1) is 0 Å². The fourth-order valence-electron chi connectivity index (χ4n) is 1.87. The molecule has 2 rings (SSSR count). The number of hydrogen-bond donors (Lipinski definition) is 3. The quantitative estimate of drug-likeness (QED) is 0.584. The predicted octanol–water partition coefficient (Wildman–Crippen LogP) is 3.32. The Morgan fingerprint density at radius 1 is 1.17 bits per heavy atom. The molecular formula is C16H16FN3OS2. The van der Waals surface area contributed by atoms with E-state index in [0.29, 0.717) is 5.56 Å². The van der Waals surface area contributed by atoms with E-state index in [0.717, 1.165) is 11.3 Å². The number of amides is 1. The van der Waals surface area contributed by atoms with Gasteiger partial charge in [-0.1, -0.05) is 24.3 Å². The number of nitrogens with one attached hydrogen (secondary N) is 3. The van der Waals surface area contributed by atoms with Crippen LogP contribution in [0.3, 0.4) is 0 Å². The lowest BCUT2D eigenvalue weighted by Crippen LogP contribution is -2.43. The largest absolute Gasteiger partial charge is 0.329 e. The summed E-state index contributed by atoms with van der Waals surface area (Å²) in [6.07, 6.45) is 2.00. The third kappa shape index (κ3) is 5.22. The molecule has 0 aromatic heterocycles. The predicted molar refractivity (Wildman–Crippen MR) is 96.9 cm³/mol. The van der Waals surface area contributed by atoms with Gasteiger partial charge in [0, 0.05) is 11.3 Å². The van der Waals surface area contributed by atoms with Gasteiger partial charge in [-0.3, -0.25) is 15.6 Å². The monoisotopic (exact) mass is 349 g/mol. The zero-order valence-electron chi connectivity index (χ0n) is 12.4. The maximum Gasteiger partial charge on any atom is 0.269 e. The van der Waals surface area contributed by atoms with Crippen molar-refractivity contribution in [2.45, 2.75) is 5.75 Å². The minimum atomic E-state index is -0.423. The fraction of sp³-hybridized carbons (Fsp3) is 0.125. The minimum Gasteiger partial charge on any atom is -0.329 e. The molecule has 0 spiro atoms. The summed E-state index contributed by atoms with van der Waals surface area (Å²) in [5, 5.41) is 2.78. The smallest absolute Gasteiger partial charge is 0.269 e. The Bertz CT molecular complexity index is 709. The summed E-state index contributed by atoms with van der Waals surface area (Å²) >= 11 is 6.71. The zero-order chi connectivity index (χ0) is 16.7. The lowest BCUT2D eigenvalue weighted by atomic mass is 10.1. The van der Waals surface area contributed by atoms with E-state index < -0.39 is 5.82 Å². The topological polar surface area (TPSA) is 53.2 Å². The number of thiocarbonyl (C=S) groups is 1. The van der Waals surface area contributed by atoms with Crippen LogP contribution < -0.4 is 16.2 Å². The van der Waals surface area contributed by atoms with E-state index in [2.05, 4.69) is 16.2 Å². The first-order valence-corrected chi connectivity index (χ1v) is 8.60. The van der Waals surface area contributed by atoms with Gasteiger partial charge >= 0.3 is 0 Å². The molecule has 23 heavy (non-hydrogen) atoms. The standard InChI is InChI=1S/C16H16FN3OS2/c1-23-10-11-5-4-6-12(9-11)15(21)19-20-16(22)18-14-8-3-2-7-13(14)17/h2-9H,10H2,1H3,(H,19,21)(H2,18,20,22). The molecule has 0 atom stereocenters. The van der Waals surface area contributed by atoms with Gasteiger partial charge in [0.2, 0.25) is 0 Å². The molecule has 3 N–H and O–H groups in total. The number of hydrogen-bond acceptors (Lipinski definition) is 3. The zero-order valence-corrected chi connectivity index (χ0v) is 14.1. The number of benzene rings is 2. The van der Waals surface area contributed by atoms with Crippen molar-refractivity contribution in [3.63, 3.8) is 0 Å². The van der Waals surface area contributed by atoms with E-state index in [1.165, 1.54) is 6.07 Å². The number of halogens is 1. The third-order valence-corrected chi connectivity index (χ3v) is 3.74. The van der Waals surface area contributed by atoms with Gasteiger partial charge in [-0.05, 0) is 48.3 Å². The maximum atomic E-state index is 13.5. The van der Waals surface area contributed by atoms with Crippen LogP contribution in [0.2, 0.25) is 0 Å². The molecule has 0 fully saturated rings. The number of rotatable bonds is 4. The maximum absolute atomic E-state index is 13.5. The molecule has 2 aromatic rings. The Kier molecular flexibility index (Phi) is 6.37. The Morgan fingerprint density at radius 2 is 1.96 bits per heavy atom. The Balaban J connectivity index is 1.90. The van der Waals surface area contributed by atoms with Crippen molar-refractivity contribution in [2.75, 3.05) is 11.6 Å². The van der Waals surface area contributed by atoms with Crippen molar-refractivity contribution in [2.24, 2.45) is 0 Å². The van der Waals surface area contributed by atoms with Crippen molar-refractivity contribution >= 4 is 40.7 Å². The lowest BCUT2D eigenvalue weighted by Gasteiger charge is -2.12. The highest BCUT2D eigenvalue weighted by Crippen LogP contribution is 2.12. The Morgan fingerprint density at radius 3 is 2.70 bits per heavy atom. The summed E-state index contributed by atoms with van der Waals surface area (Å²) < 4.78 is 13.5. The van der Waals surface area contributed by atoms with Gasteiger partial charge in [-0.25, -0.2) is 4.39 Å². The molecule has 0 aliphatic heterocycles. The Hall–Kier alpha value is -2.12. The van der Waals surface area contributed by atoms with Crippen molar-refractivity contribution in [3.8, 4) is 0 Å². The second-order valence-corrected chi connectivity index (χ2v) is 5.92. The molecule has 0 unspecified atom stereocenters. The minimum absolute atomic E-state index is 0.101. The number of anilines is 1. The first-order valence-electron chi connectivity index (χ1n) is 6.80. The van der Waals surface area contributed by atoms with Gasteiger partial charge in [-0.2, -0.15) is 11.8 Å². The summed E-state index contributed by atoms with van der Waals surface area (Å²) in [6.45, 7) is 0. The number of thioether (sulfide) groups is 1. The highest BCUT2D eigenvalue weighted by atomic mass is 32.2. The average Bonchev–Trinajstić information content (AvgIpc) is 2.55. The molecule has 0 bridgehead atoms. The molecule has 0 radical (unpaired) electrons. The summed E-state index contributed by atoms with van der Waals surface area (Å²) in [7, 11) is 0. The van der Waals surface area contributed by atoms with Crippen molar-refractivity contribution < 1.29 is 9.18 Å². The second kappa shape index (κ2) is 8.50. The first kappa shape index (κ1) is 17.2. The van der Waals surface area contributed by atoms with Crippen molar-refractivity contribution in [3.05, 3.63) is 65.5 Å². The van der Waals surface area contributed by atoms with Gasteiger partial charge in [0.15, 0.2) is 5.11 Å². The van der Waals surface area contributed by atoms with Gasteiger partial charge in [0.05, 0.1) is 5.69 Å². The molecule has 2 aromatic carbocycles. The number of para-hydroxylation sites is 1. The molecule has 0 aliphatic carbocycles. The highest BCUT2D eigenvalue weighted by Gasteiger charge is 2.07. The summed E-state index contributed by atoms with van der Waals surface area (Å²) in [6, 6.07) is 13.5. The van der Waals surface area contributed by atoms with Crippen molar-refractivity contribution in [1.29, 1.82) is 0 Å².